The Labute approximate surface area is 252 Å². The lowest BCUT2D eigenvalue weighted by atomic mass is 9.78. The van der Waals surface area contributed by atoms with Gasteiger partial charge < -0.3 is 19.5 Å². The summed E-state index contributed by atoms with van der Waals surface area (Å²) < 4.78 is 16.2. The van der Waals surface area contributed by atoms with Crippen LogP contribution in [-0.2, 0) is 28.6 Å². The maximum atomic E-state index is 13.1. The van der Waals surface area contributed by atoms with Gasteiger partial charge in [-0.05, 0) is 51.3 Å². The average Bonchev–Trinajstić information content (AvgIpc) is 2.96. The van der Waals surface area contributed by atoms with Gasteiger partial charge in [0.1, 0.15) is 0 Å². The van der Waals surface area contributed by atoms with Crippen LogP contribution in [0.15, 0.2) is 52.9 Å². The number of hydrogen-bond donors (Lipinski definition) is 1. The molecule has 1 heterocycles. The Kier molecular flexibility index (Phi) is 16.4. The van der Waals surface area contributed by atoms with Gasteiger partial charge in [0, 0.05) is 17.5 Å². The van der Waals surface area contributed by atoms with Gasteiger partial charge in [0.15, 0.2) is 0 Å². The summed E-state index contributed by atoms with van der Waals surface area (Å²) in [4.78, 5) is 38.7. The molecule has 0 bridgehead atoms. The van der Waals surface area contributed by atoms with Crippen LogP contribution in [0.3, 0.4) is 0 Å². The Morgan fingerprint density at radius 2 is 1.21 bits per heavy atom. The Hall–Kier alpha value is -3.35. The predicted octanol–water partition coefficient (Wildman–Crippen LogP) is 7.92. The number of rotatable bonds is 19. The topological polar surface area (TPSA) is 90.9 Å². The molecule has 0 spiro atoms. The van der Waals surface area contributed by atoms with Gasteiger partial charge in [0.05, 0.1) is 36.9 Å². The van der Waals surface area contributed by atoms with Crippen molar-refractivity contribution in [2.75, 3.05) is 19.8 Å². The van der Waals surface area contributed by atoms with Gasteiger partial charge in [0.2, 0.25) is 0 Å². The van der Waals surface area contributed by atoms with Crippen LogP contribution in [0.2, 0.25) is 0 Å². The fourth-order valence-electron chi connectivity index (χ4n) is 5.33. The lowest BCUT2D eigenvalue weighted by Crippen LogP contribution is -2.32. The number of hydrogen-bond acceptors (Lipinski definition) is 7. The predicted molar refractivity (Wildman–Crippen MR) is 167 cm³/mol. The molecule has 1 aromatic carbocycles. The van der Waals surface area contributed by atoms with Crippen molar-refractivity contribution in [3.05, 3.63) is 64.0 Å². The monoisotopic (exact) mass is 581 g/mol. The average molecular weight is 582 g/mol. The van der Waals surface area contributed by atoms with Crippen molar-refractivity contribution < 1.29 is 28.6 Å². The molecular weight excluding hydrogens is 530 g/mol. The van der Waals surface area contributed by atoms with Crippen LogP contribution in [0.25, 0.3) is 6.08 Å². The molecule has 0 atom stereocenters. The molecule has 0 amide bonds. The third-order valence-corrected chi connectivity index (χ3v) is 7.45. The zero-order chi connectivity index (χ0) is 30.7. The number of unbranched alkanes of at least 4 members (excludes halogenated alkanes) is 10. The summed E-state index contributed by atoms with van der Waals surface area (Å²) in [6, 6.07) is 7.39. The van der Waals surface area contributed by atoms with E-state index in [0.717, 1.165) is 19.3 Å². The highest BCUT2D eigenvalue weighted by atomic mass is 16.5. The second kappa shape index (κ2) is 19.7. The molecule has 2 rings (SSSR count). The Balaban J connectivity index is 2.04. The van der Waals surface area contributed by atoms with Crippen molar-refractivity contribution in [2.24, 2.45) is 0 Å². The van der Waals surface area contributed by atoms with Gasteiger partial charge in [-0.15, -0.1) is 0 Å². The van der Waals surface area contributed by atoms with Crippen LogP contribution in [-0.4, -0.2) is 37.7 Å². The summed E-state index contributed by atoms with van der Waals surface area (Å²) in [5.41, 5.74) is 3.28. The van der Waals surface area contributed by atoms with Crippen LogP contribution >= 0.6 is 0 Å². The van der Waals surface area contributed by atoms with Crippen molar-refractivity contribution in [1.82, 2.24) is 5.32 Å². The van der Waals surface area contributed by atoms with Crippen LogP contribution in [0.5, 0.6) is 0 Å². The van der Waals surface area contributed by atoms with E-state index in [1.807, 2.05) is 24.3 Å². The molecule has 0 fully saturated rings. The molecule has 0 saturated carbocycles. The van der Waals surface area contributed by atoms with Crippen molar-refractivity contribution in [3.8, 4) is 0 Å². The van der Waals surface area contributed by atoms with Gasteiger partial charge in [-0.2, -0.15) is 0 Å². The fourth-order valence-corrected chi connectivity index (χ4v) is 5.33. The van der Waals surface area contributed by atoms with Crippen molar-refractivity contribution >= 4 is 24.0 Å². The molecule has 7 heteroatoms. The molecule has 0 aromatic heterocycles. The van der Waals surface area contributed by atoms with Crippen molar-refractivity contribution in [2.45, 2.75) is 111 Å². The summed E-state index contributed by atoms with van der Waals surface area (Å²) in [6.07, 6.45) is 16.7. The first-order chi connectivity index (χ1) is 20.3. The van der Waals surface area contributed by atoms with E-state index < -0.39 is 23.8 Å². The minimum absolute atomic E-state index is 0.201. The zero-order valence-electron chi connectivity index (χ0n) is 26.4. The number of nitrogens with one attached hydrogen (secondary N) is 1. The zero-order valence-corrected chi connectivity index (χ0v) is 26.4. The smallest absolute Gasteiger partial charge is 0.336 e. The summed E-state index contributed by atoms with van der Waals surface area (Å²) >= 11 is 0. The van der Waals surface area contributed by atoms with E-state index in [9.17, 15) is 14.4 Å². The molecule has 232 valence electrons. The van der Waals surface area contributed by atoms with Crippen LogP contribution < -0.4 is 5.32 Å². The Morgan fingerprint density at radius 3 is 1.74 bits per heavy atom. The van der Waals surface area contributed by atoms with E-state index >= 15 is 0 Å². The standard InChI is InChI=1S/C35H51NO6/c1-6-9-10-11-12-13-14-15-16-17-20-25-42-30(37)24-23-28-21-18-19-22-29(28)33-31(34(38)40-7-2)26(4)36-27(5)32(33)35(39)41-8-3/h18-19,21-24,33,36H,6-17,20,25H2,1-5H3/b24-23+. The van der Waals surface area contributed by atoms with E-state index in [4.69, 9.17) is 14.2 Å². The number of carbonyl (C=O) groups is 3. The molecule has 0 aliphatic carbocycles. The minimum Gasteiger partial charge on any atom is -0.463 e. The fraction of sp³-hybridized carbons (Fsp3) is 0.571. The summed E-state index contributed by atoms with van der Waals surface area (Å²) in [5.74, 6) is -2.16. The van der Waals surface area contributed by atoms with Crippen molar-refractivity contribution in [3.63, 3.8) is 0 Å². The molecule has 1 aromatic rings. The minimum atomic E-state index is -0.724. The number of dihydropyridines is 1. The van der Waals surface area contributed by atoms with Crippen LogP contribution in [0.1, 0.15) is 122 Å². The first-order valence-corrected chi connectivity index (χ1v) is 15.8. The second-order valence-corrected chi connectivity index (χ2v) is 10.7. The third kappa shape index (κ3) is 11.1. The lowest BCUT2D eigenvalue weighted by molar-refractivity contribution is -0.140. The summed E-state index contributed by atoms with van der Waals surface area (Å²) in [5, 5.41) is 3.15. The Bertz CT molecular complexity index is 1080. The van der Waals surface area contributed by atoms with E-state index in [2.05, 4.69) is 12.2 Å². The second-order valence-electron chi connectivity index (χ2n) is 10.7. The summed E-state index contributed by atoms with van der Waals surface area (Å²) in [7, 11) is 0. The van der Waals surface area contributed by atoms with Gasteiger partial charge in [0.25, 0.3) is 0 Å². The molecule has 1 aliphatic heterocycles. The normalized spacial score (nSPS) is 13.8. The molecule has 7 nitrogen and oxygen atoms in total. The summed E-state index contributed by atoms with van der Waals surface area (Å²) in [6.45, 7) is 10.1. The quantitative estimate of drug-likeness (QED) is 0.0768. The molecular formula is C35H51NO6. The first-order valence-electron chi connectivity index (χ1n) is 15.8. The van der Waals surface area contributed by atoms with E-state index in [1.54, 1.807) is 33.8 Å². The molecule has 42 heavy (non-hydrogen) atoms. The molecule has 1 aliphatic rings. The number of carbonyl (C=O) groups excluding carboxylic acids is 3. The van der Waals surface area contributed by atoms with Gasteiger partial charge in [-0.25, -0.2) is 14.4 Å². The van der Waals surface area contributed by atoms with E-state index in [1.165, 1.54) is 57.4 Å². The van der Waals surface area contributed by atoms with E-state index in [-0.39, 0.29) is 13.2 Å². The van der Waals surface area contributed by atoms with Crippen molar-refractivity contribution in [1.29, 1.82) is 0 Å². The Morgan fingerprint density at radius 1 is 0.714 bits per heavy atom. The highest BCUT2D eigenvalue weighted by molar-refractivity contribution is 6.00. The highest BCUT2D eigenvalue weighted by Crippen LogP contribution is 2.41. The maximum Gasteiger partial charge on any atom is 0.336 e. The first kappa shape index (κ1) is 34.8. The number of esters is 3. The SMILES string of the molecule is CCCCCCCCCCCCCOC(=O)/C=C/c1ccccc1C1C(C(=O)OCC)=C(C)NC(C)=C1C(=O)OCC. The maximum absolute atomic E-state index is 13.1. The molecule has 1 N–H and O–H groups in total. The van der Waals surface area contributed by atoms with Gasteiger partial charge in [-0.1, -0.05) is 95.4 Å². The highest BCUT2D eigenvalue weighted by Gasteiger charge is 2.38. The largest absolute Gasteiger partial charge is 0.463 e. The molecule has 0 unspecified atom stereocenters. The third-order valence-electron chi connectivity index (χ3n) is 7.45. The van der Waals surface area contributed by atoms with Crippen LogP contribution in [0.4, 0.5) is 0 Å². The number of allylic oxidation sites excluding steroid dienone is 2. The number of ether oxygens (including phenoxy) is 3. The number of benzene rings is 1. The van der Waals surface area contributed by atoms with Crippen LogP contribution in [0, 0.1) is 0 Å². The van der Waals surface area contributed by atoms with Gasteiger partial charge in [-0.3, -0.25) is 0 Å². The van der Waals surface area contributed by atoms with Gasteiger partial charge >= 0.3 is 17.9 Å². The lowest BCUT2D eigenvalue weighted by Gasteiger charge is -2.31. The molecule has 0 radical (unpaired) electrons. The molecule has 0 saturated heterocycles. The van der Waals surface area contributed by atoms with E-state index in [0.29, 0.717) is 40.3 Å².